The summed E-state index contributed by atoms with van der Waals surface area (Å²) in [5.74, 6) is -0.429. The molecule has 0 saturated carbocycles. The lowest BCUT2D eigenvalue weighted by Crippen LogP contribution is -2.45. The molecular formula is C23H21N3O5. The lowest BCUT2D eigenvalue weighted by Gasteiger charge is -2.18. The molecule has 8 nitrogen and oxygen atoms in total. The van der Waals surface area contributed by atoms with Gasteiger partial charge in [0.15, 0.2) is 0 Å². The summed E-state index contributed by atoms with van der Waals surface area (Å²) in [5.41, 5.74) is 2.00. The van der Waals surface area contributed by atoms with Crippen molar-refractivity contribution in [3.05, 3.63) is 106 Å². The molecule has 0 bridgehead atoms. The fourth-order valence-corrected chi connectivity index (χ4v) is 2.86. The predicted molar refractivity (Wildman–Crippen MR) is 115 cm³/mol. The van der Waals surface area contributed by atoms with Crippen molar-refractivity contribution in [3.8, 4) is 0 Å². The largest absolute Gasteiger partial charge is 0.445 e. The van der Waals surface area contributed by atoms with Gasteiger partial charge in [-0.1, -0.05) is 60.7 Å². The van der Waals surface area contributed by atoms with E-state index in [-0.39, 0.29) is 18.7 Å². The fraction of sp³-hybridized carbons (Fsp3) is 0.130. The van der Waals surface area contributed by atoms with E-state index in [4.69, 9.17) is 4.74 Å². The minimum absolute atomic E-state index is 0.0516. The maximum atomic E-state index is 12.8. The molecule has 31 heavy (non-hydrogen) atoms. The molecule has 0 radical (unpaired) electrons. The molecule has 0 unspecified atom stereocenters. The molecule has 2 amide bonds. The number of nitro benzene ring substituents is 1. The quantitative estimate of drug-likeness (QED) is 0.422. The molecule has 0 aliphatic heterocycles. The van der Waals surface area contributed by atoms with Crippen molar-refractivity contribution >= 4 is 23.4 Å². The number of hydrogen-bond acceptors (Lipinski definition) is 5. The van der Waals surface area contributed by atoms with Gasteiger partial charge >= 0.3 is 6.09 Å². The predicted octanol–water partition coefficient (Wildman–Crippen LogP) is 4.07. The number of carbonyl (C=O) groups is 2. The lowest BCUT2D eigenvalue weighted by atomic mass is 10.0. The molecule has 0 aliphatic rings. The molecular weight excluding hydrogens is 398 g/mol. The van der Waals surface area contributed by atoms with E-state index in [0.717, 1.165) is 5.56 Å². The number of non-ortho nitro benzene ring substituents is 1. The highest BCUT2D eigenvalue weighted by Crippen LogP contribution is 2.14. The van der Waals surface area contributed by atoms with E-state index < -0.39 is 23.0 Å². The van der Waals surface area contributed by atoms with E-state index in [1.807, 2.05) is 36.4 Å². The van der Waals surface area contributed by atoms with Crippen LogP contribution in [0.2, 0.25) is 0 Å². The number of benzene rings is 3. The van der Waals surface area contributed by atoms with Crippen molar-refractivity contribution in [2.24, 2.45) is 0 Å². The summed E-state index contributed by atoms with van der Waals surface area (Å²) in [7, 11) is 0. The summed E-state index contributed by atoms with van der Waals surface area (Å²) in [6, 6.07) is 22.9. The first-order chi connectivity index (χ1) is 15.0. The summed E-state index contributed by atoms with van der Waals surface area (Å²) in [6.07, 6.45) is -0.601. The van der Waals surface area contributed by atoms with Crippen LogP contribution >= 0.6 is 0 Å². The second-order valence-corrected chi connectivity index (χ2v) is 6.74. The molecule has 0 fully saturated rings. The molecule has 0 aromatic heterocycles. The highest BCUT2D eigenvalue weighted by atomic mass is 16.6. The molecule has 3 aromatic rings. The van der Waals surface area contributed by atoms with Gasteiger partial charge in [-0.15, -0.1) is 0 Å². The van der Waals surface area contributed by atoms with E-state index in [1.54, 1.807) is 36.4 Å². The van der Waals surface area contributed by atoms with Gasteiger partial charge in [0.1, 0.15) is 12.6 Å². The van der Waals surface area contributed by atoms with E-state index in [0.29, 0.717) is 11.3 Å². The Kier molecular flexibility index (Phi) is 7.31. The number of amides is 2. The second kappa shape index (κ2) is 10.5. The Bertz CT molecular complexity index is 1020. The molecule has 0 heterocycles. The zero-order valence-electron chi connectivity index (χ0n) is 16.6. The number of nitro groups is 1. The number of nitrogens with zero attached hydrogens (tertiary/aromatic N) is 1. The number of rotatable bonds is 8. The third-order valence-corrected chi connectivity index (χ3v) is 4.45. The van der Waals surface area contributed by atoms with Crippen LogP contribution in [0.15, 0.2) is 84.9 Å². The number of ether oxygens (including phenoxy) is 1. The lowest BCUT2D eigenvalue weighted by molar-refractivity contribution is -0.384. The van der Waals surface area contributed by atoms with Crippen molar-refractivity contribution in [3.63, 3.8) is 0 Å². The van der Waals surface area contributed by atoms with E-state index in [9.17, 15) is 19.7 Å². The Morgan fingerprint density at radius 1 is 0.871 bits per heavy atom. The average Bonchev–Trinajstić information content (AvgIpc) is 2.79. The highest BCUT2D eigenvalue weighted by Gasteiger charge is 2.22. The average molecular weight is 419 g/mol. The molecule has 0 saturated heterocycles. The number of alkyl carbamates (subject to hydrolysis) is 1. The summed E-state index contributed by atoms with van der Waals surface area (Å²) in [6.45, 7) is 0.0667. The zero-order valence-corrected chi connectivity index (χ0v) is 16.6. The zero-order chi connectivity index (χ0) is 22.1. The minimum atomic E-state index is -0.940. The van der Waals surface area contributed by atoms with Crippen LogP contribution in [-0.4, -0.2) is 23.0 Å². The summed E-state index contributed by atoms with van der Waals surface area (Å²) >= 11 is 0. The van der Waals surface area contributed by atoms with Gasteiger partial charge < -0.3 is 15.4 Å². The minimum Gasteiger partial charge on any atom is -0.445 e. The van der Waals surface area contributed by atoms with Crippen LogP contribution in [0.25, 0.3) is 0 Å². The normalized spacial score (nSPS) is 11.2. The van der Waals surface area contributed by atoms with Gasteiger partial charge in [0.25, 0.3) is 5.69 Å². The molecule has 3 rings (SSSR count). The molecule has 3 aromatic carbocycles. The first-order valence-electron chi connectivity index (χ1n) is 9.58. The fourth-order valence-electron chi connectivity index (χ4n) is 2.86. The number of para-hydroxylation sites is 1. The highest BCUT2D eigenvalue weighted by molar-refractivity contribution is 5.96. The van der Waals surface area contributed by atoms with Gasteiger partial charge in [-0.25, -0.2) is 4.79 Å². The summed E-state index contributed by atoms with van der Waals surface area (Å²) in [5, 5.41) is 16.2. The van der Waals surface area contributed by atoms with Gasteiger partial charge in [-0.05, 0) is 23.3 Å². The Labute approximate surface area is 179 Å². The third-order valence-electron chi connectivity index (χ3n) is 4.45. The number of hydrogen-bond donors (Lipinski definition) is 2. The summed E-state index contributed by atoms with van der Waals surface area (Å²) < 4.78 is 5.23. The standard InChI is InChI=1S/C23H21N3O5/c27-22(24-19-9-5-2-6-10-19)21(15-17-11-13-20(14-12-17)26(29)30)25-23(28)31-16-18-7-3-1-4-8-18/h1-14,21H,15-16H2,(H,24,27)(H,25,28)/t21-/m1/s1. The van der Waals surface area contributed by atoms with Crippen LogP contribution in [0.3, 0.4) is 0 Å². The maximum absolute atomic E-state index is 12.8. The van der Waals surface area contributed by atoms with Crippen molar-refractivity contribution in [1.29, 1.82) is 0 Å². The number of carbonyl (C=O) groups excluding carboxylic acids is 2. The van der Waals surface area contributed by atoms with E-state index in [2.05, 4.69) is 10.6 Å². The van der Waals surface area contributed by atoms with Crippen molar-refractivity contribution in [2.45, 2.75) is 19.1 Å². The molecule has 158 valence electrons. The van der Waals surface area contributed by atoms with Crippen LogP contribution in [0.1, 0.15) is 11.1 Å². The topological polar surface area (TPSA) is 111 Å². The van der Waals surface area contributed by atoms with Gasteiger partial charge in [-0.2, -0.15) is 0 Å². The van der Waals surface area contributed by atoms with Crippen LogP contribution < -0.4 is 10.6 Å². The number of anilines is 1. The molecule has 0 spiro atoms. The Morgan fingerprint density at radius 3 is 2.10 bits per heavy atom. The Morgan fingerprint density at radius 2 is 1.48 bits per heavy atom. The molecule has 8 heteroatoms. The first kappa shape index (κ1) is 21.5. The van der Waals surface area contributed by atoms with E-state index >= 15 is 0 Å². The van der Waals surface area contributed by atoms with Gasteiger partial charge in [-0.3, -0.25) is 14.9 Å². The van der Waals surface area contributed by atoms with Crippen molar-refractivity contribution in [1.82, 2.24) is 5.32 Å². The monoisotopic (exact) mass is 419 g/mol. The smallest absolute Gasteiger partial charge is 0.408 e. The van der Waals surface area contributed by atoms with Crippen LogP contribution in [-0.2, 0) is 22.6 Å². The van der Waals surface area contributed by atoms with Crippen LogP contribution in [0, 0.1) is 10.1 Å². The molecule has 2 N–H and O–H groups in total. The van der Waals surface area contributed by atoms with Gasteiger partial charge in [0.05, 0.1) is 4.92 Å². The van der Waals surface area contributed by atoms with Crippen molar-refractivity contribution < 1.29 is 19.2 Å². The maximum Gasteiger partial charge on any atom is 0.408 e. The van der Waals surface area contributed by atoms with E-state index in [1.165, 1.54) is 12.1 Å². The molecule has 0 aliphatic carbocycles. The number of nitrogens with one attached hydrogen (secondary N) is 2. The molecule has 1 atom stereocenters. The first-order valence-corrected chi connectivity index (χ1v) is 9.58. The van der Waals surface area contributed by atoms with Gasteiger partial charge in [0.2, 0.25) is 5.91 Å². The third kappa shape index (κ3) is 6.67. The SMILES string of the molecule is O=C(N[C@H](Cc1ccc([N+](=O)[O-])cc1)C(=O)Nc1ccccc1)OCc1ccccc1. The Balaban J connectivity index is 1.68. The second-order valence-electron chi connectivity index (χ2n) is 6.74. The summed E-state index contributed by atoms with van der Waals surface area (Å²) in [4.78, 5) is 35.5. The van der Waals surface area contributed by atoms with Crippen molar-refractivity contribution in [2.75, 3.05) is 5.32 Å². The van der Waals surface area contributed by atoms with Gasteiger partial charge in [0, 0.05) is 24.2 Å². The van der Waals surface area contributed by atoms with Crippen LogP contribution in [0.5, 0.6) is 0 Å². The Hall–Kier alpha value is -4.20. The van der Waals surface area contributed by atoms with Crippen LogP contribution in [0.4, 0.5) is 16.2 Å².